The van der Waals surface area contributed by atoms with Crippen molar-refractivity contribution in [2.75, 3.05) is 6.61 Å². The van der Waals surface area contributed by atoms with Crippen molar-refractivity contribution >= 4 is 22.4 Å². The first-order chi connectivity index (χ1) is 9.55. The van der Waals surface area contributed by atoms with E-state index in [4.69, 9.17) is 4.74 Å². The van der Waals surface area contributed by atoms with Gasteiger partial charge in [0.05, 0.1) is 12.2 Å². The minimum Gasteiger partial charge on any atom is -0.462 e. The predicted octanol–water partition coefficient (Wildman–Crippen LogP) is 4.34. The molecule has 0 spiro atoms. The molecule has 0 aliphatic rings. The maximum absolute atomic E-state index is 11.9. The standard InChI is InChI=1S/C16H29NO2Si2/c1-8-19-16(18)15-11-9-10-14(12-15)13-17(20(2,3)4)21(5,6)7/h9-12H,8,13H2,1-7H3. The maximum Gasteiger partial charge on any atom is 0.338 e. The first-order valence-corrected chi connectivity index (χ1v) is 14.5. The predicted molar refractivity (Wildman–Crippen MR) is 94.6 cm³/mol. The molecule has 0 unspecified atom stereocenters. The molecule has 0 saturated heterocycles. The summed E-state index contributed by atoms with van der Waals surface area (Å²) in [5, 5.41) is 0. The largest absolute Gasteiger partial charge is 0.462 e. The molecule has 0 fully saturated rings. The summed E-state index contributed by atoms with van der Waals surface area (Å²) in [6.07, 6.45) is 0. The Labute approximate surface area is 131 Å². The van der Waals surface area contributed by atoms with E-state index >= 15 is 0 Å². The molecule has 0 aliphatic heterocycles. The minimum absolute atomic E-state index is 0.230. The second kappa shape index (κ2) is 6.90. The Morgan fingerprint density at radius 3 is 2.14 bits per heavy atom. The van der Waals surface area contributed by atoms with E-state index < -0.39 is 16.5 Å². The molecule has 0 amide bonds. The van der Waals surface area contributed by atoms with Crippen molar-refractivity contribution in [3.63, 3.8) is 0 Å². The summed E-state index contributed by atoms with van der Waals surface area (Å²) in [5.74, 6) is -0.230. The fraction of sp³-hybridized carbons (Fsp3) is 0.562. The Bertz CT molecular complexity index is 476. The highest BCUT2D eigenvalue weighted by molar-refractivity contribution is 6.89. The molecule has 0 N–H and O–H groups in total. The number of esters is 1. The van der Waals surface area contributed by atoms with Crippen molar-refractivity contribution in [2.45, 2.75) is 52.8 Å². The Hall–Kier alpha value is -0.916. The molecule has 0 atom stereocenters. The monoisotopic (exact) mass is 323 g/mol. The summed E-state index contributed by atoms with van der Waals surface area (Å²) in [7, 11) is -2.77. The second-order valence-corrected chi connectivity index (χ2v) is 17.6. The molecule has 0 radical (unpaired) electrons. The van der Waals surface area contributed by atoms with Crippen LogP contribution in [0.3, 0.4) is 0 Å². The van der Waals surface area contributed by atoms with Crippen LogP contribution in [0.15, 0.2) is 24.3 Å². The van der Waals surface area contributed by atoms with Crippen molar-refractivity contribution in [3.05, 3.63) is 35.4 Å². The molecule has 3 nitrogen and oxygen atoms in total. The molecular formula is C16H29NO2Si2. The van der Waals surface area contributed by atoms with Crippen LogP contribution < -0.4 is 0 Å². The number of carbonyl (C=O) groups is 1. The molecule has 1 rings (SSSR count). The number of hydrogen-bond donors (Lipinski definition) is 0. The van der Waals surface area contributed by atoms with Crippen LogP contribution in [0.1, 0.15) is 22.8 Å². The van der Waals surface area contributed by atoms with Crippen LogP contribution >= 0.6 is 0 Å². The van der Waals surface area contributed by atoms with Gasteiger partial charge >= 0.3 is 5.97 Å². The third-order valence-electron chi connectivity index (χ3n) is 3.40. The lowest BCUT2D eigenvalue weighted by atomic mass is 10.1. The topological polar surface area (TPSA) is 29.5 Å². The molecule has 0 heterocycles. The molecular weight excluding hydrogens is 294 g/mol. The Morgan fingerprint density at radius 1 is 1.10 bits per heavy atom. The normalized spacial score (nSPS) is 12.6. The molecule has 0 aromatic heterocycles. The van der Waals surface area contributed by atoms with Gasteiger partial charge in [0.15, 0.2) is 0 Å². The van der Waals surface area contributed by atoms with Gasteiger partial charge in [-0.15, -0.1) is 0 Å². The molecule has 1 aromatic carbocycles. The average Bonchev–Trinajstić information content (AvgIpc) is 2.34. The van der Waals surface area contributed by atoms with Crippen LogP contribution in [0.25, 0.3) is 0 Å². The summed E-state index contributed by atoms with van der Waals surface area (Å²) < 4.78 is 7.80. The SMILES string of the molecule is CCOC(=O)c1cccc(CN([Si](C)(C)C)[Si](C)(C)C)c1. The van der Waals surface area contributed by atoms with Crippen LogP contribution in [0, 0.1) is 0 Å². The van der Waals surface area contributed by atoms with E-state index in [0.717, 1.165) is 6.54 Å². The lowest BCUT2D eigenvalue weighted by molar-refractivity contribution is 0.0526. The fourth-order valence-corrected chi connectivity index (χ4v) is 12.0. The molecule has 0 bridgehead atoms. The van der Waals surface area contributed by atoms with E-state index in [9.17, 15) is 4.79 Å². The maximum atomic E-state index is 11.9. The van der Waals surface area contributed by atoms with Gasteiger partial charge in [0.2, 0.25) is 0 Å². The number of carbonyl (C=O) groups excluding carboxylic acids is 1. The van der Waals surface area contributed by atoms with Crippen LogP contribution in [0.4, 0.5) is 0 Å². The number of ether oxygens (including phenoxy) is 1. The number of hydrogen-bond acceptors (Lipinski definition) is 3. The average molecular weight is 324 g/mol. The van der Waals surface area contributed by atoms with Crippen molar-refractivity contribution in [1.29, 1.82) is 0 Å². The quantitative estimate of drug-likeness (QED) is 0.576. The van der Waals surface area contributed by atoms with E-state index in [1.54, 1.807) is 0 Å². The van der Waals surface area contributed by atoms with Gasteiger partial charge in [-0.2, -0.15) is 0 Å². The zero-order valence-electron chi connectivity index (χ0n) is 14.5. The summed E-state index contributed by atoms with van der Waals surface area (Å²) in [5.41, 5.74) is 1.85. The number of benzene rings is 1. The Kier molecular flexibility index (Phi) is 5.95. The Morgan fingerprint density at radius 2 is 1.67 bits per heavy atom. The number of rotatable bonds is 6. The first kappa shape index (κ1) is 18.1. The highest BCUT2D eigenvalue weighted by Crippen LogP contribution is 2.23. The van der Waals surface area contributed by atoms with E-state index in [1.165, 1.54) is 5.56 Å². The first-order valence-electron chi connectivity index (χ1n) is 7.59. The molecule has 5 heteroatoms. The summed E-state index contributed by atoms with van der Waals surface area (Å²) in [6.45, 7) is 17.5. The molecule has 0 saturated carbocycles. The van der Waals surface area contributed by atoms with Gasteiger partial charge in [-0.05, 0) is 24.6 Å². The summed E-state index contributed by atoms with van der Waals surface area (Å²) >= 11 is 0. The van der Waals surface area contributed by atoms with Crippen molar-refractivity contribution < 1.29 is 9.53 Å². The van der Waals surface area contributed by atoms with E-state index in [-0.39, 0.29) is 5.97 Å². The van der Waals surface area contributed by atoms with Crippen LogP contribution in [0.5, 0.6) is 0 Å². The zero-order valence-corrected chi connectivity index (χ0v) is 16.5. The second-order valence-electron chi connectivity index (χ2n) is 7.35. The summed E-state index contributed by atoms with van der Waals surface area (Å²) in [6, 6.07) is 7.87. The highest BCUT2D eigenvalue weighted by Gasteiger charge is 2.34. The Balaban J connectivity index is 3.01. The van der Waals surface area contributed by atoms with Gasteiger partial charge in [0.1, 0.15) is 16.5 Å². The van der Waals surface area contributed by atoms with Crippen molar-refractivity contribution in [3.8, 4) is 0 Å². The molecule has 0 aliphatic carbocycles. The lowest BCUT2D eigenvalue weighted by Crippen LogP contribution is -2.58. The third-order valence-corrected chi connectivity index (χ3v) is 11.0. The van der Waals surface area contributed by atoms with Crippen LogP contribution in [0.2, 0.25) is 39.3 Å². The van der Waals surface area contributed by atoms with Gasteiger partial charge in [0, 0.05) is 6.54 Å². The molecule has 21 heavy (non-hydrogen) atoms. The fourth-order valence-electron chi connectivity index (χ4n) is 2.67. The van der Waals surface area contributed by atoms with Crippen molar-refractivity contribution in [2.24, 2.45) is 0 Å². The zero-order chi connectivity index (χ0) is 16.3. The van der Waals surface area contributed by atoms with E-state index in [2.05, 4.69) is 49.6 Å². The van der Waals surface area contributed by atoms with Gasteiger partial charge in [-0.3, -0.25) is 0 Å². The molecule has 118 valence electrons. The van der Waals surface area contributed by atoms with E-state index in [0.29, 0.717) is 12.2 Å². The lowest BCUT2D eigenvalue weighted by Gasteiger charge is -2.43. The highest BCUT2D eigenvalue weighted by atomic mass is 28.4. The minimum atomic E-state index is -1.39. The van der Waals surface area contributed by atoms with Crippen molar-refractivity contribution in [1.82, 2.24) is 4.23 Å². The van der Waals surface area contributed by atoms with Gasteiger partial charge < -0.3 is 8.97 Å². The van der Waals surface area contributed by atoms with E-state index in [1.807, 2.05) is 25.1 Å². The van der Waals surface area contributed by atoms with Gasteiger partial charge in [0.25, 0.3) is 0 Å². The molecule has 1 aromatic rings. The van der Waals surface area contributed by atoms with Gasteiger partial charge in [-0.1, -0.05) is 51.4 Å². The third kappa shape index (κ3) is 5.41. The van der Waals surface area contributed by atoms with Crippen LogP contribution in [-0.2, 0) is 11.3 Å². The smallest absolute Gasteiger partial charge is 0.338 e. The van der Waals surface area contributed by atoms with Crippen LogP contribution in [-0.4, -0.2) is 33.3 Å². The number of nitrogens with zero attached hydrogens (tertiary/aromatic N) is 1. The summed E-state index contributed by atoms with van der Waals surface area (Å²) in [4.78, 5) is 11.9. The van der Waals surface area contributed by atoms with Gasteiger partial charge in [-0.25, -0.2) is 4.79 Å².